The number of rotatable bonds is 7. The summed E-state index contributed by atoms with van der Waals surface area (Å²) in [5, 5.41) is 3.03. The van der Waals surface area contributed by atoms with Gasteiger partial charge in [0, 0.05) is 5.75 Å². The van der Waals surface area contributed by atoms with Gasteiger partial charge in [0.05, 0.1) is 18.9 Å². The van der Waals surface area contributed by atoms with Crippen molar-refractivity contribution in [2.75, 3.05) is 26.1 Å². The Hall–Kier alpha value is -2.34. The van der Waals surface area contributed by atoms with Gasteiger partial charge in [-0.05, 0) is 42.3 Å². The van der Waals surface area contributed by atoms with Gasteiger partial charge in [0.1, 0.15) is 19.0 Å². The molecule has 1 N–H and O–H groups in total. The molecule has 3 rings (SSSR count). The van der Waals surface area contributed by atoms with Gasteiger partial charge < -0.3 is 19.5 Å². The molecule has 0 unspecified atom stereocenters. The van der Waals surface area contributed by atoms with Crippen molar-refractivity contribution >= 4 is 17.7 Å². The third kappa shape index (κ3) is 4.85. The molecular formula is C20H23NO4S. The number of carbonyl (C=O) groups is 1. The Morgan fingerprint density at radius 3 is 2.62 bits per heavy atom. The fourth-order valence-electron chi connectivity index (χ4n) is 2.68. The van der Waals surface area contributed by atoms with Crippen LogP contribution >= 0.6 is 11.8 Å². The molecule has 1 atom stereocenters. The maximum absolute atomic E-state index is 12.2. The van der Waals surface area contributed by atoms with Crippen LogP contribution in [0.5, 0.6) is 17.2 Å². The number of methoxy groups -OCH3 is 1. The number of hydrogen-bond acceptors (Lipinski definition) is 5. The number of ether oxygens (including phenoxy) is 3. The van der Waals surface area contributed by atoms with Crippen LogP contribution in [0.25, 0.3) is 0 Å². The first-order valence-corrected chi connectivity index (χ1v) is 9.71. The molecule has 1 amide bonds. The second-order valence-corrected chi connectivity index (χ2v) is 7.02. The normalized spacial score (nSPS) is 13.8. The molecule has 0 spiro atoms. The molecule has 0 aliphatic carbocycles. The van der Waals surface area contributed by atoms with Crippen molar-refractivity contribution in [3.8, 4) is 17.2 Å². The first-order valence-electron chi connectivity index (χ1n) is 8.55. The summed E-state index contributed by atoms with van der Waals surface area (Å²) in [6.45, 7) is 3.10. The number of benzene rings is 2. The maximum atomic E-state index is 12.2. The summed E-state index contributed by atoms with van der Waals surface area (Å²) < 4.78 is 16.3. The lowest BCUT2D eigenvalue weighted by atomic mass is 10.1. The average Bonchev–Trinajstić information content (AvgIpc) is 2.68. The Morgan fingerprint density at radius 1 is 1.15 bits per heavy atom. The summed E-state index contributed by atoms with van der Waals surface area (Å²) >= 11 is 1.59. The van der Waals surface area contributed by atoms with Crippen molar-refractivity contribution in [1.29, 1.82) is 0 Å². The van der Waals surface area contributed by atoms with E-state index in [0.29, 0.717) is 19.0 Å². The van der Waals surface area contributed by atoms with Gasteiger partial charge in [0.15, 0.2) is 11.5 Å². The number of hydrogen-bond donors (Lipinski definition) is 1. The van der Waals surface area contributed by atoms with Crippen LogP contribution in [0.2, 0.25) is 0 Å². The van der Waals surface area contributed by atoms with Crippen molar-refractivity contribution in [1.82, 2.24) is 5.32 Å². The number of thioether (sulfide) groups is 1. The lowest BCUT2D eigenvalue weighted by molar-refractivity contribution is -0.119. The highest BCUT2D eigenvalue weighted by Gasteiger charge is 2.15. The van der Waals surface area contributed by atoms with E-state index in [4.69, 9.17) is 14.2 Å². The molecule has 5 nitrogen and oxygen atoms in total. The van der Waals surface area contributed by atoms with Gasteiger partial charge in [-0.15, -0.1) is 11.8 Å². The minimum Gasteiger partial charge on any atom is -0.497 e. The van der Waals surface area contributed by atoms with E-state index >= 15 is 0 Å². The third-order valence-electron chi connectivity index (χ3n) is 4.10. The van der Waals surface area contributed by atoms with Crippen molar-refractivity contribution in [2.24, 2.45) is 0 Å². The zero-order valence-electron chi connectivity index (χ0n) is 15.0. The van der Waals surface area contributed by atoms with E-state index in [1.54, 1.807) is 18.9 Å². The standard InChI is InChI=1S/C20H23NO4S/c1-14(16-5-8-18-19(11-16)25-10-9-24-18)21-20(22)13-26-12-15-3-6-17(23-2)7-4-15/h3-8,11,14H,9-10,12-13H2,1-2H3,(H,21,22)/t14-/m0/s1. The van der Waals surface area contributed by atoms with E-state index in [2.05, 4.69) is 5.32 Å². The highest BCUT2D eigenvalue weighted by molar-refractivity contribution is 7.99. The predicted octanol–water partition coefficient (Wildman–Crippen LogP) is 3.58. The van der Waals surface area contributed by atoms with Gasteiger partial charge in [-0.2, -0.15) is 0 Å². The molecule has 6 heteroatoms. The maximum Gasteiger partial charge on any atom is 0.230 e. The zero-order chi connectivity index (χ0) is 18.4. The summed E-state index contributed by atoms with van der Waals surface area (Å²) in [6, 6.07) is 13.6. The predicted molar refractivity (Wildman–Crippen MR) is 103 cm³/mol. The minimum atomic E-state index is -0.0834. The van der Waals surface area contributed by atoms with Crippen LogP contribution in [0, 0.1) is 0 Å². The summed E-state index contributed by atoms with van der Waals surface area (Å²) in [6.07, 6.45) is 0. The minimum absolute atomic E-state index is 0.0194. The molecule has 26 heavy (non-hydrogen) atoms. The van der Waals surface area contributed by atoms with Crippen LogP contribution in [0.1, 0.15) is 24.1 Å². The molecule has 0 saturated carbocycles. The fourth-order valence-corrected chi connectivity index (χ4v) is 3.48. The molecule has 0 radical (unpaired) electrons. The van der Waals surface area contributed by atoms with E-state index in [1.807, 2.05) is 49.4 Å². The fraction of sp³-hybridized carbons (Fsp3) is 0.350. The molecule has 2 aromatic rings. The lowest BCUT2D eigenvalue weighted by Crippen LogP contribution is -2.28. The molecule has 0 aromatic heterocycles. The lowest BCUT2D eigenvalue weighted by Gasteiger charge is -2.21. The molecule has 0 saturated heterocycles. The van der Waals surface area contributed by atoms with Gasteiger partial charge in [0.2, 0.25) is 5.91 Å². The Bertz CT molecular complexity index is 748. The van der Waals surface area contributed by atoms with Crippen molar-refractivity contribution in [3.05, 3.63) is 53.6 Å². The molecule has 1 aliphatic heterocycles. The molecule has 2 aromatic carbocycles. The van der Waals surface area contributed by atoms with Crippen molar-refractivity contribution in [3.63, 3.8) is 0 Å². The highest BCUT2D eigenvalue weighted by atomic mass is 32.2. The molecule has 1 heterocycles. The van der Waals surface area contributed by atoms with Gasteiger partial charge in [0.25, 0.3) is 0 Å². The second kappa shape index (κ2) is 8.85. The zero-order valence-corrected chi connectivity index (χ0v) is 15.8. The molecule has 0 fully saturated rings. The summed E-state index contributed by atoms with van der Waals surface area (Å²) in [7, 11) is 1.65. The topological polar surface area (TPSA) is 56.8 Å². The van der Waals surface area contributed by atoms with E-state index < -0.39 is 0 Å². The molecular weight excluding hydrogens is 350 g/mol. The number of nitrogens with one attached hydrogen (secondary N) is 1. The van der Waals surface area contributed by atoms with Crippen LogP contribution in [0.15, 0.2) is 42.5 Å². The summed E-state index contributed by atoms with van der Waals surface area (Å²) in [4.78, 5) is 12.2. The van der Waals surface area contributed by atoms with Gasteiger partial charge in [-0.1, -0.05) is 18.2 Å². The Kier molecular flexibility index (Phi) is 6.28. The monoisotopic (exact) mass is 373 g/mol. The molecule has 138 valence electrons. The summed E-state index contributed by atoms with van der Waals surface area (Å²) in [5.74, 6) is 3.56. The third-order valence-corrected chi connectivity index (χ3v) is 5.11. The van der Waals surface area contributed by atoms with Crippen LogP contribution in [-0.4, -0.2) is 32.0 Å². The Morgan fingerprint density at radius 2 is 1.88 bits per heavy atom. The van der Waals surface area contributed by atoms with Crippen LogP contribution in [0.3, 0.4) is 0 Å². The number of carbonyl (C=O) groups excluding carboxylic acids is 1. The SMILES string of the molecule is COc1ccc(CSCC(=O)N[C@@H](C)c2ccc3c(c2)OCCO3)cc1. The number of amides is 1. The van der Waals surface area contributed by atoms with E-state index in [1.165, 1.54) is 5.56 Å². The van der Waals surface area contributed by atoms with Crippen molar-refractivity contribution < 1.29 is 19.0 Å². The summed E-state index contributed by atoms with van der Waals surface area (Å²) in [5.41, 5.74) is 2.17. The van der Waals surface area contributed by atoms with Crippen LogP contribution in [-0.2, 0) is 10.5 Å². The van der Waals surface area contributed by atoms with Crippen LogP contribution < -0.4 is 19.5 Å². The van der Waals surface area contributed by atoms with E-state index in [-0.39, 0.29) is 11.9 Å². The largest absolute Gasteiger partial charge is 0.497 e. The Balaban J connectivity index is 1.46. The Labute approximate surface area is 158 Å². The van der Waals surface area contributed by atoms with Gasteiger partial charge in [-0.3, -0.25) is 4.79 Å². The molecule has 0 bridgehead atoms. The molecule has 1 aliphatic rings. The van der Waals surface area contributed by atoms with Gasteiger partial charge in [-0.25, -0.2) is 0 Å². The number of fused-ring (bicyclic) bond motifs is 1. The van der Waals surface area contributed by atoms with Crippen LogP contribution in [0.4, 0.5) is 0 Å². The van der Waals surface area contributed by atoms with E-state index in [9.17, 15) is 4.79 Å². The van der Waals surface area contributed by atoms with E-state index in [0.717, 1.165) is 28.6 Å². The van der Waals surface area contributed by atoms with Gasteiger partial charge >= 0.3 is 0 Å². The smallest absolute Gasteiger partial charge is 0.230 e. The highest BCUT2D eigenvalue weighted by Crippen LogP contribution is 2.32. The second-order valence-electron chi connectivity index (χ2n) is 6.03. The van der Waals surface area contributed by atoms with Crippen molar-refractivity contribution in [2.45, 2.75) is 18.7 Å². The first-order chi connectivity index (χ1) is 12.7. The quantitative estimate of drug-likeness (QED) is 0.804. The first kappa shape index (κ1) is 18.5. The average molecular weight is 373 g/mol.